The quantitative estimate of drug-likeness (QED) is 0.622. The monoisotopic (exact) mass is 218 g/mol. The molecule has 1 heterocycles. The Bertz CT molecular complexity index is 424. The van der Waals surface area contributed by atoms with Gasteiger partial charge in [0.2, 0.25) is 0 Å². The Kier molecular flexibility index (Phi) is 2.84. The largest absolute Gasteiger partial charge is 0.349 e. The van der Waals surface area contributed by atoms with Crippen LogP contribution in [0.3, 0.4) is 0 Å². The van der Waals surface area contributed by atoms with E-state index in [2.05, 4.69) is 5.32 Å². The van der Waals surface area contributed by atoms with E-state index in [1.54, 1.807) is 17.4 Å². The molecule has 1 fully saturated rings. The molecule has 1 aliphatic rings. The van der Waals surface area contributed by atoms with Crippen molar-refractivity contribution in [3.63, 3.8) is 0 Å². The van der Waals surface area contributed by atoms with Gasteiger partial charge in [0, 0.05) is 6.04 Å². The fourth-order valence-corrected chi connectivity index (χ4v) is 1.78. The van der Waals surface area contributed by atoms with Crippen LogP contribution in [0.5, 0.6) is 0 Å². The van der Waals surface area contributed by atoms with Crippen molar-refractivity contribution in [3.8, 4) is 6.07 Å². The van der Waals surface area contributed by atoms with Crippen LogP contribution in [-0.2, 0) is 4.79 Å². The van der Waals surface area contributed by atoms with E-state index < -0.39 is 0 Å². The molecule has 0 bridgehead atoms. The second kappa shape index (κ2) is 4.28. The minimum atomic E-state index is -0.258. The maximum Gasteiger partial charge on any atom is 0.262 e. The molecule has 0 saturated heterocycles. The van der Waals surface area contributed by atoms with E-state index in [-0.39, 0.29) is 17.5 Å². The third-order valence-corrected chi connectivity index (χ3v) is 2.83. The molecule has 0 atom stereocenters. The van der Waals surface area contributed by atoms with Crippen molar-refractivity contribution in [1.29, 1.82) is 5.26 Å². The number of hydrogen-bond acceptors (Lipinski definition) is 3. The van der Waals surface area contributed by atoms with E-state index in [1.165, 1.54) is 0 Å². The zero-order valence-corrected chi connectivity index (χ0v) is 8.88. The molecule has 0 spiro atoms. The van der Waals surface area contributed by atoms with Gasteiger partial charge in [-0.2, -0.15) is 16.6 Å². The van der Waals surface area contributed by atoms with Gasteiger partial charge < -0.3 is 5.32 Å². The molecule has 4 heteroatoms. The zero-order chi connectivity index (χ0) is 10.7. The standard InChI is InChI=1S/C11H10N2OS/c12-6-9(5-8-3-4-15-7-8)11(14)13-10-1-2-10/h3-5,7,10H,1-2H2,(H,13,14). The molecular weight excluding hydrogens is 208 g/mol. The predicted molar refractivity (Wildman–Crippen MR) is 59.1 cm³/mol. The SMILES string of the molecule is N#CC(=Cc1ccsc1)C(=O)NC1CC1. The van der Waals surface area contributed by atoms with E-state index in [0.29, 0.717) is 0 Å². The summed E-state index contributed by atoms with van der Waals surface area (Å²) in [5, 5.41) is 15.5. The fraction of sp³-hybridized carbons (Fsp3) is 0.273. The van der Waals surface area contributed by atoms with Crippen LogP contribution in [0.15, 0.2) is 22.4 Å². The van der Waals surface area contributed by atoms with Crippen molar-refractivity contribution in [2.75, 3.05) is 0 Å². The molecule has 0 radical (unpaired) electrons. The van der Waals surface area contributed by atoms with Gasteiger partial charge in [0.1, 0.15) is 11.6 Å². The maximum atomic E-state index is 11.6. The van der Waals surface area contributed by atoms with Crippen molar-refractivity contribution in [2.24, 2.45) is 0 Å². The van der Waals surface area contributed by atoms with E-state index in [1.807, 2.05) is 22.9 Å². The first-order valence-corrected chi connectivity index (χ1v) is 5.69. The zero-order valence-electron chi connectivity index (χ0n) is 8.06. The lowest BCUT2D eigenvalue weighted by atomic mass is 10.2. The molecule has 76 valence electrons. The third kappa shape index (κ3) is 2.67. The van der Waals surface area contributed by atoms with Gasteiger partial charge in [-0.3, -0.25) is 4.79 Å². The highest BCUT2D eigenvalue weighted by Gasteiger charge is 2.24. The van der Waals surface area contributed by atoms with Crippen LogP contribution in [0.25, 0.3) is 6.08 Å². The highest BCUT2D eigenvalue weighted by molar-refractivity contribution is 7.08. The summed E-state index contributed by atoms with van der Waals surface area (Å²) in [6.07, 6.45) is 3.68. The summed E-state index contributed by atoms with van der Waals surface area (Å²) in [6.45, 7) is 0. The molecule has 1 aromatic heterocycles. The summed E-state index contributed by atoms with van der Waals surface area (Å²) in [5.74, 6) is -0.258. The molecule has 0 unspecified atom stereocenters. The van der Waals surface area contributed by atoms with Crippen LogP contribution >= 0.6 is 11.3 Å². The molecule has 1 aromatic rings. The van der Waals surface area contributed by atoms with Gasteiger partial charge in [-0.25, -0.2) is 0 Å². The van der Waals surface area contributed by atoms with Gasteiger partial charge in [0.05, 0.1) is 0 Å². The van der Waals surface area contributed by atoms with E-state index >= 15 is 0 Å². The Morgan fingerprint density at radius 1 is 1.67 bits per heavy atom. The number of carbonyl (C=O) groups excluding carboxylic acids is 1. The first kappa shape index (κ1) is 9.94. The van der Waals surface area contributed by atoms with Crippen LogP contribution in [0, 0.1) is 11.3 Å². The third-order valence-electron chi connectivity index (χ3n) is 2.13. The Balaban J connectivity index is 2.09. The summed E-state index contributed by atoms with van der Waals surface area (Å²) in [5.41, 5.74) is 1.09. The molecule has 1 amide bonds. The number of nitriles is 1. The lowest BCUT2D eigenvalue weighted by Crippen LogP contribution is -2.26. The van der Waals surface area contributed by atoms with Gasteiger partial charge in [0.25, 0.3) is 5.91 Å². The smallest absolute Gasteiger partial charge is 0.262 e. The van der Waals surface area contributed by atoms with Gasteiger partial charge in [-0.15, -0.1) is 0 Å². The van der Waals surface area contributed by atoms with Gasteiger partial charge in [-0.05, 0) is 41.3 Å². The van der Waals surface area contributed by atoms with Crippen LogP contribution in [-0.4, -0.2) is 11.9 Å². The number of rotatable bonds is 3. The molecule has 3 nitrogen and oxygen atoms in total. The topological polar surface area (TPSA) is 52.9 Å². The first-order chi connectivity index (χ1) is 7.29. The Morgan fingerprint density at radius 2 is 2.47 bits per heavy atom. The normalized spacial score (nSPS) is 15.8. The lowest BCUT2D eigenvalue weighted by Gasteiger charge is -2.00. The molecule has 1 N–H and O–H groups in total. The average Bonchev–Trinajstić information content (AvgIpc) is 2.89. The summed E-state index contributed by atoms with van der Waals surface area (Å²) in [4.78, 5) is 11.6. The van der Waals surface area contributed by atoms with Crippen molar-refractivity contribution < 1.29 is 4.79 Å². The summed E-state index contributed by atoms with van der Waals surface area (Å²) < 4.78 is 0. The second-order valence-electron chi connectivity index (χ2n) is 3.47. The number of carbonyl (C=O) groups is 1. The molecular formula is C11H10N2OS. The van der Waals surface area contributed by atoms with Gasteiger partial charge in [0.15, 0.2) is 0 Å². The van der Waals surface area contributed by atoms with Crippen LogP contribution in [0.4, 0.5) is 0 Å². The van der Waals surface area contributed by atoms with Crippen LogP contribution in [0.1, 0.15) is 18.4 Å². The summed E-state index contributed by atoms with van der Waals surface area (Å²) >= 11 is 1.54. The van der Waals surface area contributed by atoms with E-state index in [0.717, 1.165) is 18.4 Å². The number of nitrogens with zero attached hydrogens (tertiary/aromatic N) is 1. The van der Waals surface area contributed by atoms with Crippen molar-refractivity contribution in [2.45, 2.75) is 18.9 Å². The second-order valence-corrected chi connectivity index (χ2v) is 4.25. The number of thiophene rings is 1. The highest BCUT2D eigenvalue weighted by Crippen LogP contribution is 2.19. The average molecular weight is 218 g/mol. The maximum absolute atomic E-state index is 11.6. The van der Waals surface area contributed by atoms with Crippen LogP contribution < -0.4 is 5.32 Å². The van der Waals surface area contributed by atoms with Gasteiger partial charge >= 0.3 is 0 Å². The van der Waals surface area contributed by atoms with Gasteiger partial charge in [-0.1, -0.05) is 0 Å². The van der Waals surface area contributed by atoms with E-state index in [9.17, 15) is 4.79 Å². The lowest BCUT2D eigenvalue weighted by molar-refractivity contribution is -0.117. The van der Waals surface area contributed by atoms with Crippen LogP contribution in [0.2, 0.25) is 0 Å². The molecule has 15 heavy (non-hydrogen) atoms. The minimum Gasteiger partial charge on any atom is -0.349 e. The van der Waals surface area contributed by atoms with Crippen molar-refractivity contribution in [1.82, 2.24) is 5.32 Å². The van der Waals surface area contributed by atoms with Crippen molar-refractivity contribution in [3.05, 3.63) is 28.0 Å². The van der Waals surface area contributed by atoms with Crippen molar-refractivity contribution >= 4 is 23.3 Å². The first-order valence-electron chi connectivity index (χ1n) is 4.74. The molecule has 0 aromatic carbocycles. The summed E-state index contributed by atoms with van der Waals surface area (Å²) in [7, 11) is 0. The Labute approximate surface area is 92.0 Å². The number of amides is 1. The van der Waals surface area contributed by atoms with E-state index in [4.69, 9.17) is 5.26 Å². The molecule has 2 rings (SSSR count). The minimum absolute atomic E-state index is 0.181. The molecule has 1 aliphatic carbocycles. The Hall–Kier alpha value is -1.60. The highest BCUT2D eigenvalue weighted by atomic mass is 32.1. The predicted octanol–water partition coefficient (Wildman–Crippen LogP) is 1.93. The fourth-order valence-electron chi connectivity index (χ4n) is 1.16. The molecule has 1 saturated carbocycles. The number of hydrogen-bond donors (Lipinski definition) is 1. The number of nitrogens with one attached hydrogen (secondary N) is 1. The Morgan fingerprint density at radius 3 is 3.00 bits per heavy atom. The molecule has 0 aliphatic heterocycles. The summed E-state index contributed by atoms with van der Waals surface area (Å²) in [6, 6.07) is 4.10.